The van der Waals surface area contributed by atoms with E-state index in [0.29, 0.717) is 12.3 Å². The highest BCUT2D eigenvalue weighted by molar-refractivity contribution is 6.02. The number of H-pyrrole nitrogens is 1. The van der Waals surface area contributed by atoms with Crippen LogP contribution in [0.1, 0.15) is 36.9 Å². The first kappa shape index (κ1) is 17.4. The van der Waals surface area contributed by atoms with Gasteiger partial charge < -0.3 is 4.98 Å². The van der Waals surface area contributed by atoms with Gasteiger partial charge >= 0.3 is 0 Å². The molecule has 0 bridgehead atoms. The topological polar surface area (TPSA) is 58.6 Å². The van der Waals surface area contributed by atoms with Crippen LogP contribution >= 0.6 is 0 Å². The molecule has 3 heterocycles. The number of hydrogen-bond acceptors (Lipinski definition) is 3. The Labute approximate surface area is 159 Å². The van der Waals surface area contributed by atoms with Crippen molar-refractivity contribution in [3.05, 3.63) is 66.8 Å². The maximum Gasteiger partial charge on any atom is 0.155 e. The molecule has 0 amide bonds. The van der Waals surface area contributed by atoms with Gasteiger partial charge in [0.15, 0.2) is 5.78 Å². The summed E-state index contributed by atoms with van der Waals surface area (Å²) in [5.74, 6) is 0.510. The van der Waals surface area contributed by atoms with Gasteiger partial charge in [0.1, 0.15) is 5.65 Å². The fraction of sp³-hybridized carbons (Fsp3) is 0.261. The second kappa shape index (κ2) is 7.31. The zero-order chi connectivity index (χ0) is 18.8. The summed E-state index contributed by atoms with van der Waals surface area (Å²) in [5, 5.41) is 1.13. The van der Waals surface area contributed by atoms with E-state index in [0.717, 1.165) is 47.1 Å². The van der Waals surface area contributed by atoms with Gasteiger partial charge in [-0.1, -0.05) is 18.7 Å². The zero-order valence-corrected chi connectivity index (χ0v) is 15.5. The minimum atomic E-state index is 0.134. The van der Waals surface area contributed by atoms with E-state index in [1.165, 1.54) is 17.2 Å². The van der Waals surface area contributed by atoms with Crippen LogP contribution in [0.3, 0.4) is 0 Å². The smallest absolute Gasteiger partial charge is 0.155 e. The highest BCUT2D eigenvalue weighted by Gasteiger charge is 2.22. The summed E-state index contributed by atoms with van der Waals surface area (Å²) >= 11 is 0. The standard InChI is InChI=1S/C23H23N3O/c1-3-18(27)13-16-6-4-7-17(12-16)20-9-11-25-23-22(20)21(14-26-23)19-8-5-10-24-15(19)2/h3,5,7-11,14,16H,1,4,6,12-13H2,2H3,(H,25,26). The van der Waals surface area contributed by atoms with E-state index in [4.69, 9.17) is 0 Å². The molecule has 0 fully saturated rings. The lowest BCUT2D eigenvalue weighted by Crippen LogP contribution is -2.11. The molecule has 0 radical (unpaired) electrons. The van der Waals surface area contributed by atoms with Crippen molar-refractivity contribution in [3.8, 4) is 11.1 Å². The third kappa shape index (κ3) is 3.35. The Bertz CT molecular complexity index is 1040. The highest BCUT2D eigenvalue weighted by Crippen LogP contribution is 2.39. The second-order valence-electron chi connectivity index (χ2n) is 7.17. The quantitative estimate of drug-likeness (QED) is 0.634. The van der Waals surface area contributed by atoms with Gasteiger partial charge in [-0.25, -0.2) is 4.98 Å². The van der Waals surface area contributed by atoms with Crippen molar-refractivity contribution in [1.82, 2.24) is 15.0 Å². The Morgan fingerprint density at radius 3 is 2.96 bits per heavy atom. The Morgan fingerprint density at radius 1 is 1.26 bits per heavy atom. The molecular formula is C23H23N3O. The number of carbonyl (C=O) groups is 1. The van der Waals surface area contributed by atoms with Crippen LogP contribution in [0.15, 0.2) is 55.5 Å². The summed E-state index contributed by atoms with van der Waals surface area (Å²) in [5.41, 5.74) is 6.64. The number of nitrogens with one attached hydrogen (secondary N) is 1. The number of fused-ring (bicyclic) bond motifs is 1. The lowest BCUT2D eigenvalue weighted by molar-refractivity contribution is -0.115. The predicted octanol–water partition coefficient (Wildman–Crippen LogP) is 5.26. The molecule has 4 nitrogen and oxygen atoms in total. The van der Waals surface area contributed by atoms with Gasteiger partial charge in [-0.3, -0.25) is 9.78 Å². The van der Waals surface area contributed by atoms with E-state index in [1.54, 1.807) is 0 Å². The summed E-state index contributed by atoms with van der Waals surface area (Å²) in [6.45, 7) is 5.64. The molecule has 1 aliphatic rings. The van der Waals surface area contributed by atoms with Crippen LogP contribution in [0.5, 0.6) is 0 Å². The summed E-state index contributed by atoms with van der Waals surface area (Å²) in [7, 11) is 0. The van der Waals surface area contributed by atoms with Crippen LogP contribution < -0.4 is 0 Å². The van der Waals surface area contributed by atoms with E-state index in [9.17, 15) is 4.79 Å². The van der Waals surface area contributed by atoms with Gasteiger partial charge in [-0.15, -0.1) is 0 Å². The first-order chi connectivity index (χ1) is 13.2. The maximum absolute atomic E-state index is 11.8. The number of ketones is 1. The maximum atomic E-state index is 11.8. The van der Waals surface area contributed by atoms with E-state index < -0.39 is 0 Å². The van der Waals surface area contributed by atoms with Crippen molar-refractivity contribution < 1.29 is 4.79 Å². The Hall–Kier alpha value is -3.01. The molecule has 0 aromatic carbocycles. The zero-order valence-electron chi connectivity index (χ0n) is 15.5. The monoisotopic (exact) mass is 357 g/mol. The van der Waals surface area contributed by atoms with Crippen molar-refractivity contribution in [2.75, 3.05) is 0 Å². The lowest BCUT2D eigenvalue weighted by atomic mass is 9.82. The van der Waals surface area contributed by atoms with Crippen LogP contribution in [0.25, 0.3) is 27.7 Å². The van der Waals surface area contributed by atoms with Gasteiger partial charge in [0, 0.05) is 47.2 Å². The number of hydrogen-bond donors (Lipinski definition) is 1. The van der Waals surface area contributed by atoms with Gasteiger partial charge in [0.25, 0.3) is 0 Å². The molecule has 4 heteroatoms. The summed E-state index contributed by atoms with van der Waals surface area (Å²) in [4.78, 5) is 24.1. The molecule has 3 aromatic heterocycles. The number of aromatic amines is 1. The van der Waals surface area contributed by atoms with Crippen molar-refractivity contribution in [1.29, 1.82) is 0 Å². The summed E-state index contributed by atoms with van der Waals surface area (Å²) < 4.78 is 0. The molecule has 27 heavy (non-hydrogen) atoms. The third-order valence-electron chi connectivity index (χ3n) is 5.41. The summed E-state index contributed by atoms with van der Waals surface area (Å²) in [6.07, 6.45) is 13.0. The Balaban J connectivity index is 1.78. The average molecular weight is 357 g/mol. The number of rotatable bonds is 5. The van der Waals surface area contributed by atoms with E-state index in [1.807, 2.05) is 31.6 Å². The van der Waals surface area contributed by atoms with Crippen molar-refractivity contribution in [3.63, 3.8) is 0 Å². The molecule has 1 N–H and O–H groups in total. The van der Waals surface area contributed by atoms with Gasteiger partial charge in [-0.05, 0) is 61.4 Å². The van der Waals surface area contributed by atoms with E-state index in [-0.39, 0.29) is 5.78 Å². The Morgan fingerprint density at radius 2 is 2.15 bits per heavy atom. The molecule has 1 unspecified atom stereocenters. The fourth-order valence-electron chi connectivity index (χ4n) is 4.06. The van der Waals surface area contributed by atoms with E-state index >= 15 is 0 Å². The first-order valence-electron chi connectivity index (χ1n) is 9.40. The number of pyridine rings is 2. The van der Waals surface area contributed by atoms with Crippen LogP contribution in [0, 0.1) is 12.8 Å². The molecule has 1 atom stereocenters. The second-order valence-corrected chi connectivity index (χ2v) is 7.17. The van der Waals surface area contributed by atoms with Crippen molar-refractivity contribution in [2.45, 2.75) is 32.6 Å². The normalized spacial score (nSPS) is 16.9. The first-order valence-corrected chi connectivity index (χ1v) is 9.40. The Kier molecular flexibility index (Phi) is 4.71. The van der Waals surface area contributed by atoms with Crippen molar-refractivity contribution in [2.24, 2.45) is 5.92 Å². The number of carbonyl (C=O) groups excluding carboxylic acids is 1. The van der Waals surface area contributed by atoms with Gasteiger partial charge in [-0.2, -0.15) is 0 Å². The van der Waals surface area contributed by atoms with Gasteiger partial charge in [0.05, 0.1) is 0 Å². The molecule has 4 rings (SSSR count). The molecule has 136 valence electrons. The van der Waals surface area contributed by atoms with Gasteiger partial charge in [0.2, 0.25) is 0 Å². The highest BCUT2D eigenvalue weighted by atomic mass is 16.1. The van der Waals surface area contributed by atoms with Crippen LogP contribution in [-0.2, 0) is 4.79 Å². The van der Waals surface area contributed by atoms with Crippen LogP contribution in [-0.4, -0.2) is 20.7 Å². The molecule has 0 aliphatic heterocycles. The minimum Gasteiger partial charge on any atom is -0.345 e. The molecule has 0 saturated carbocycles. The van der Waals surface area contributed by atoms with E-state index in [2.05, 4.69) is 39.7 Å². The molecule has 0 saturated heterocycles. The average Bonchev–Trinajstić information content (AvgIpc) is 3.12. The number of aryl methyl sites for hydroxylation is 1. The molecule has 3 aromatic rings. The SMILES string of the molecule is C=CC(=O)CC1CCC=C(c2ccnc3[nH]cc(-c4cccnc4C)c23)C1. The number of aromatic nitrogens is 3. The van der Waals surface area contributed by atoms with Crippen LogP contribution in [0.2, 0.25) is 0 Å². The lowest BCUT2D eigenvalue weighted by Gasteiger charge is -2.23. The molecule has 1 aliphatic carbocycles. The fourth-order valence-corrected chi connectivity index (χ4v) is 4.06. The summed E-state index contributed by atoms with van der Waals surface area (Å²) in [6, 6.07) is 6.16. The van der Waals surface area contributed by atoms with Crippen LogP contribution in [0.4, 0.5) is 0 Å². The third-order valence-corrected chi connectivity index (χ3v) is 5.41. The largest absolute Gasteiger partial charge is 0.345 e. The number of allylic oxidation sites excluding steroid dienone is 3. The number of nitrogens with zero attached hydrogens (tertiary/aromatic N) is 2. The van der Waals surface area contributed by atoms with Crippen molar-refractivity contribution >= 4 is 22.4 Å². The molecule has 0 spiro atoms. The minimum absolute atomic E-state index is 0.134. The molecular weight excluding hydrogens is 334 g/mol. The predicted molar refractivity (Wildman–Crippen MR) is 109 cm³/mol.